The van der Waals surface area contributed by atoms with E-state index in [9.17, 15) is 9.59 Å². The third-order valence-corrected chi connectivity index (χ3v) is 3.48. The first-order valence-electron chi connectivity index (χ1n) is 7.22. The van der Waals surface area contributed by atoms with Crippen molar-refractivity contribution in [3.05, 3.63) is 71.3 Å². The van der Waals surface area contributed by atoms with E-state index in [1.165, 1.54) is 0 Å². The molecule has 4 nitrogen and oxygen atoms in total. The molecule has 22 heavy (non-hydrogen) atoms. The molecule has 0 spiro atoms. The van der Waals surface area contributed by atoms with Crippen LogP contribution in [0.1, 0.15) is 34.3 Å². The number of carbonyl (C=O) groups is 2. The van der Waals surface area contributed by atoms with Gasteiger partial charge in [0.1, 0.15) is 0 Å². The van der Waals surface area contributed by atoms with Gasteiger partial charge in [-0.3, -0.25) is 9.59 Å². The molecule has 114 valence electrons. The maximum Gasteiger partial charge on any atom is 0.303 e. The predicted molar refractivity (Wildman–Crippen MR) is 84.9 cm³/mol. The molecule has 4 heteroatoms. The van der Waals surface area contributed by atoms with E-state index < -0.39 is 5.97 Å². The molecule has 0 fully saturated rings. The number of rotatable bonds is 7. The van der Waals surface area contributed by atoms with Gasteiger partial charge in [-0.25, -0.2) is 0 Å². The second-order valence-electron chi connectivity index (χ2n) is 5.29. The lowest BCUT2D eigenvalue weighted by Crippen LogP contribution is -2.23. The molecule has 3 N–H and O–H groups in total. The molecule has 0 saturated heterocycles. The van der Waals surface area contributed by atoms with Gasteiger partial charge in [0.05, 0.1) is 0 Å². The van der Waals surface area contributed by atoms with Crippen molar-refractivity contribution in [3.63, 3.8) is 0 Å². The highest BCUT2D eigenvalue weighted by Gasteiger charge is 2.10. The lowest BCUT2D eigenvalue weighted by molar-refractivity contribution is -0.137. The molecule has 1 unspecified atom stereocenters. The van der Waals surface area contributed by atoms with Gasteiger partial charge in [0.15, 0.2) is 5.78 Å². The number of carboxylic acids is 1. The topological polar surface area (TPSA) is 80.4 Å². The van der Waals surface area contributed by atoms with E-state index in [4.69, 9.17) is 10.8 Å². The van der Waals surface area contributed by atoms with Crippen molar-refractivity contribution in [1.29, 1.82) is 0 Å². The number of benzene rings is 2. The zero-order valence-electron chi connectivity index (χ0n) is 12.2. The predicted octanol–water partition coefficient (Wildman–Crippen LogP) is 2.65. The molecule has 2 aromatic carbocycles. The molecule has 0 aliphatic carbocycles. The Morgan fingerprint density at radius 3 is 2.14 bits per heavy atom. The van der Waals surface area contributed by atoms with E-state index >= 15 is 0 Å². The van der Waals surface area contributed by atoms with Crippen LogP contribution >= 0.6 is 0 Å². The molecular weight excluding hydrogens is 278 g/mol. The van der Waals surface area contributed by atoms with Crippen LogP contribution in [0.2, 0.25) is 0 Å². The Morgan fingerprint density at radius 1 is 0.955 bits per heavy atom. The number of nitrogens with two attached hydrogens (primary N) is 1. The molecule has 0 amide bonds. The van der Waals surface area contributed by atoms with E-state index in [1.54, 1.807) is 24.3 Å². The van der Waals surface area contributed by atoms with E-state index in [2.05, 4.69) is 0 Å². The molecule has 0 aliphatic heterocycles. The quantitative estimate of drug-likeness (QED) is 0.770. The first kappa shape index (κ1) is 15.9. The summed E-state index contributed by atoms with van der Waals surface area (Å²) < 4.78 is 0. The zero-order chi connectivity index (χ0) is 15.9. The van der Waals surface area contributed by atoms with Gasteiger partial charge in [-0.2, -0.15) is 0 Å². The highest BCUT2D eigenvalue weighted by atomic mass is 16.4. The van der Waals surface area contributed by atoms with Crippen molar-refractivity contribution in [2.45, 2.75) is 25.3 Å². The highest BCUT2D eigenvalue weighted by Crippen LogP contribution is 2.13. The van der Waals surface area contributed by atoms with Crippen LogP contribution in [0.3, 0.4) is 0 Å². The van der Waals surface area contributed by atoms with Gasteiger partial charge < -0.3 is 10.8 Å². The van der Waals surface area contributed by atoms with Crippen molar-refractivity contribution in [2.75, 3.05) is 0 Å². The van der Waals surface area contributed by atoms with Crippen LogP contribution in [0.15, 0.2) is 54.6 Å². The van der Waals surface area contributed by atoms with Crippen LogP contribution in [0.5, 0.6) is 0 Å². The largest absolute Gasteiger partial charge is 0.481 e. The fourth-order valence-electron chi connectivity index (χ4n) is 2.26. The number of hydrogen-bond acceptors (Lipinski definition) is 3. The maximum atomic E-state index is 12.3. The summed E-state index contributed by atoms with van der Waals surface area (Å²) in [6, 6.07) is 16.3. The Morgan fingerprint density at radius 2 is 1.55 bits per heavy atom. The van der Waals surface area contributed by atoms with Crippen LogP contribution < -0.4 is 5.73 Å². The Balaban J connectivity index is 1.98. The molecule has 1 atom stereocenters. The summed E-state index contributed by atoms with van der Waals surface area (Å²) in [4.78, 5) is 22.8. The standard InChI is InChI=1S/C18H19NO3/c19-16(10-11-17(20)21)12-13-6-8-15(9-7-13)18(22)14-4-2-1-3-5-14/h1-9,16H,10-12,19H2,(H,20,21). The van der Waals surface area contributed by atoms with Crippen molar-refractivity contribution >= 4 is 11.8 Å². The zero-order valence-corrected chi connectivity index (χ0v) is 12.2. The van der Waals surface area contributed by atoms with Gasteiger partial charge in [-0.1, -0.05) is 54.6 Å². The summed E-state index contributed by atoms with van der Waals surface area (Å²) in [7, 11) is 0. The van der Waals surface area contributed by atoms with Crippen LogP contribution in [-0.2, 0) is 11.2 Å². The fourth-order valence-corrected chi connectivity index (χ4v) is 2.26. The van der Waals surface area contributed by atoms with Crippen molar-refractivity contribution in [1.82, 2.24) is 0 Å². The third kappa shape index (κ3) is 4.53. The SMILES string of the molecule is NC(CCC(=O)O)Cc1ccc(C(=O)c2ccccc2)cc1. The average Bonchev–Trinajstić information content (AvgIpc) is 2.54. The second-order valence-corrected chi connectivity index (χ2v) is 5.29. The first-order valence-corrected chi connectivity index (χ1v) is 7.22. The van der Waals surface area contributed by atoms with E-state index in [0.29, 0.717) is 24.0 Å². The van der Waals surface area contributed by atoms with E-state index in [-0.39, 0.29) is 18.2 Å². The lowest BCUT2D eigenvalue weighted by atomic mass is 9.98. The van der Waals surface area contributed by atoms with Crippen molar-refractivity contribution < 1.29 is 14.7 Å². The molecular formula is C18H19NO3. The molecule has 2 aromatic rings. The van der Waals surface area contributed by atoms with Gasteiger partial charge in [0.2, 0.25) is 0 Å². The molecule has 0 bridgehead atoms. The van der Waals surface area contributed by atoms with Crippen molar-refractivity contribution in [3.8, 4) is 0 Å². The number of aliphatic carboxylic acids is 1. The maximum absolute atomic E-state index is 12.3. The fraction of sp³-hybridized carbons (Fsp3) is 0.222. The monoisotopic (exact) mass is 297 g/mol. The van der Waals surface area contributed by atoms with Crippen LogP contribution in [0.4, 0.5) is 0 Å². The Labute approximate surface area is 129 Å². The molecule has 0 saturated carbocycles. The van der Waals surface area contributed by atoms with Crippen LogP contribution in [0, 0.1) is 0 Å². The third-order valence-electron chi connectivity index (χ3n) is 3.48. The minimum atomic E-state index is -0.834. The van der Waals surface area contributed by atoms with Gasteiger partial charge in [0, 0.05) is 23.6 Å². The van der Waals surface area contributed by atoms with E-state index in [1.807, 2.05) is 30.3 Å². The number of carbonyl (C=O) groups excluding carboxylic acids is 1. The molecule has 0 aliphatic rings. The summed E-state index contributed by atoms with van der Waals surface area (Å²) in [6.07, 6.45) is 1.12. The first-order chi connectivity index (χ1) is 10.6. The Bertz CT molecular complexity index is 635. The van der Waals surface area contributed by atoms with Crippen molar-refractivity contribution in [2.24, 2.45) is 5.73 Å². The van der Waals surface area contributed by atoms with E-state index in [0.717, 1.165) is 5.56 Å². The normalized spacial score (nSPS) is 11.9. The highest BCUT2D eigenvalue weighted by molar-refractivity contribution is 6.08. The van der Waals surface area contributed by atoms with Crippen LogP contribution in [0.25, 0.3) is 0 Å². The van der Waals surface area contributed by atoms with Gasteiger partial charge in [-0.05, 0) is 18.4 Å². The second kappa shape index (κ2) is 7.52. The lowest BCUT2D eigenvalue weighted by Gasteiger charge is -2.10. The van der Waals surface area contributed by atoms with Gasteiger partial charge in [0.25, 0.3) is 0 Å². The van der Waals surface area contributed by atoms with Crippen LogP contribution in [-0.4, -0.2) is 22.9 Å². The summed E-state index contributed by atoms with van der Waals surface area (Å²) >= 11 is 0. The summed E-state index contributed by atoms with van der Waals surface area (Å²) in [5.41, 5.74) is 8.21. The molecule has 2 rings (SSSR count). The number of hydrogen-bond donors (Lipinski definition) is 2. The summed E-state index contributed by atoms with van der Waals surface area (Å²) in [6.45, 7) is 0. The summed E-state index contributed by atoms with van der Waals surface area (Å²) in [5.74, 6) is -0.846. The Hall–Kier alpha value is -2.46. The van der Waals surface area contributed by atoms with Gasteiger partial charge >= 0.3 is 5.97 Å². The molecule has 0 radical (unpaired) electrons. The average molecular weight is 297 g/mol. The molecule has 0 heterocycles. The summed E-state index contributed by atoms with van der Waals surface area (Å²) in [5, 5.41) is 8.64. The number of carboxylic acid groups (broad SMARTS) is 1. The van der Waals surface area contributed by atoms with Gasteiger partial charge in [-0.15, -0.1) is 0 Å². The molecule has 0 aromatic heterocycles. The number of ketones is 1. The minimum absolute atomic E-state index is 0.0117. The Kier molecular flexibility index (Phi) is 5.44. The minimum Gasteiger partial charge on any atom is -0.481 e. The smallest absolute Gasteiger partial charge is 0.303 e.